The summed E-state index contributed by atoms with van der Waals surface area (Å²) in [4.78, 5) is 26.0. The van der Waals surface area contributed by atoms with Gasteiger partial charge in [0.15, 0.2) is 0 Å². The lowest BCUT2D eigenvalue weighted by Gasteiger charge is -2.32. The first-order chi connectivity index (χ1) is 11.5. The Bertz CT molecular complexity index is 799. The number of carbonyl (C=O) groups excluding carboxylic acids is 2. The molecule has 0 saturated heterocycles. The van der Waals surface area contributed by atoms with Crippen LogP contribution in [0.15, 0.2) is 54.7 Å². The number of nitrogens with one attached hydrogen (secondary N) is 1. The summed E-state index contributed by atoms with van der Waals surface area (Å²) in [5.74, 6) is -0.189. The van der Waals surface area contributed by atoms with Crippen LogP contribution in [0.3, 0.4) is 0 Å². The summed E-state index contributed by atoms with van der Waals surface area (Å²) in [6.07, 6.45) is 3.88. The molecule has 2 amide bonds. The number of nitrogens with zero attached hydrogens (tertiary/aromatic N) is 1. The van der Waals surface area contributed by atoms with E-state index >= 15 is 0 Å². The van der Waals surface area contributed by atoms with Crippen molar-refractivity contribution in [3.8, 4) is 0 Å². The van der Waals surface area contributed by atoms with Crippen molar-refractivity contribution >= 4 is 46.2 Å². The molecule has 122 valence electrons. The molecule has 2 aromatic rings. The summed E-state index contributed by atoms with van der Waals surface area (Å²) in [6, 6.07) is 15.2. The molecule has 0 aliphatic carbocycles. The molecule has 1 unspecified atom stereocenters. The summed E-state index contributed by atoms with van der Waals surface area (Å²) in [5.41, 5.74) is 2.80. The second-order valence-electron chi connectivity index (χ2n) is 5.65. The molecule has 1 atom stereocenters. The number of hydrogen-bond donors (Lipinski definition) is 1. The Morgan fingerprint density at radius 1 is 1.12 bits per heavy atom. The number of benzene rings is 2. The van der Waals surface area contributed by atoms with E-state index in [1.165, 1.54) is 6.92 Å². The molecule has 3 rings (SSSR count). The largest absolute Gasteiger partial charge is 0.326 e. The van der Waals surface area contributed by atoms with E-state index in [1.807, 2.05) is 54.6 Å². The van der Waals surface area contributed by atoms with Gasteiger partial charge in [0, 0.05) is 22.4 Å². The first-order valence-corrected chi connectivity index (χ1v) is 8.74. The number of hydrogen-bond acceptors (Lipinski definition) is 2. The number of anilines is 1. The Morgan fingerprint density at radius 2 is 1.83 bits per heavy atom. The fourth-order valence-corrected chi connectivity index (χ4v) is 3.19. The molecule has 0 bridgehead atoms. The maximum Gasteiger partial charge on any atom is 0.226 e. The third kappa shape index (κ3) is 3.67. The Balaban J connectivity index is 1.80. The quantitative estimate of drug-likeness (QED) is 0.740. The smallest absolute Gasteiger partial charge is 0.226 e. The highest BCUT2D eigenvalue weighted by Crippen LogP contribution is 2.33. The molecule has 0 saturated carbocycles. The van der Waals surface area contributed by atoms with Gasteiger partial charge < -0.3 is 10.2 Å². The summed E-state index contributed by atoms with van der Waals surface area (Å²) < 4.78 is 1.11. The molecule has 2 aromatic carbocycles. The van der Waals surface area contributed by atoms with Crippen LogP contribution in [0.5, 0.6) is 0 Å². The van der Waals surface area contributed by atoms with E-state index in [1.54, 1.807) is 11.1 Å². The van der Waals surface area contributed by atoms with E-state index in [2.05, 4.69) is 27.9 Å². The van der Waals surface area contributed by atoms with E-state index in [0.717, 1.165) is 20.4 Å². The van der Waals surface area contributed by atoms with Crippen molar-refractivity contribution < 1.29 is 9.59 Å². The predicted molar refractivity (Wildman–Crippen MR) is 103 cm³/mol. The van der Waals surface area contributed by atoms with Gasteiger partial charge in [-0.1, -0.05) is 24.3 Å². The highest BCUT2D eigenvalue weighted by Gasteiger charge is 2.28. The Labute approximate surface area is 154 Å². The molecule has 1 N–H and O–H groups in total. The number of rotatable bonds is 3. The Morgan fingerprint density at radius 3 is 2.54 bits per heavy atom. The van der Waals surface area contributed by atoms with Gasteiger partial charge in [0.05, 0.1) is 12.5 Å². The maximum atomic E-state index is 12.5. The van der Waals surface area contributed by atoms with Gasteiger partial charge in [-0.2, -0.15) is 0 Å². The van der Waals surface area contributed by atoms with E-state index in [4.69, 9.17) is 0 Å². The topological polar surface area (TPSA) is 49.4 Å². The molecule has 0 fully saturated rings. The first-order valence-electron chi connectivity index (χ1n) is 7.66. The number of amides is 2. The van der Waals surface area contributed by atoms with Crippen molar-refractivity contribution in [2.45, 2.75) is 19.4 Å². The highest BCUT2D eigenvalue weighted by atomic mass is 127. The molecular weight excluding hydrogens is 415 g/mol. The van der Waals surface area contributed by atoms with Gasteiger partial charge in [0.2, 0.25) is 11.8 Å². The second-order valence-corrected chi connectivity index (χ2v) is 6.89. The normalized spacial score (nSPS) is 15.8. The van der Waals surface area contributed by atoms with Crippen molar-refractivity contribution in [3.05, 3.63) is 69.4 Å². The molecule has 4 nitrogen and oxygen atoms in total. The predicted octanol–water partition coefficient (Wildman–Crippen LogP) is 4.19. The SMILES string of the molecule is CC(=O)N1C=Cc2ccccc2C1CC(=O)Nc1ccc(I)cc1. The summed E-state index contributed by atoms with van der Waals surface area (Å²) in [7, 11) is 0. The van der Waals surface area contributed by atoms with Gasteiger partial charge in [0.1, 0.15) is 0 Å². The third-order valence-electron chi connectivity index (χ3n) is 3.98. The van der Waals surface area contributed by atoms with Gasteiger partial charge in [-0.05, 0) is 64.1 Å². The monoisotopic (exact) mass is 432 g/mol. The standard InChI is InChI=1S/C19H17IN2O2/c1-13(23)22-11-10-14-4-2-3-5-17(14)18(22)12-19(24)21-16-8-6-15(20)7-9-16/h2-11,18H,12H2,1H3,(H,21,24). The van der Waals surface area contributed by atoms with Gasteiger partial charge in [-0.3, -0.25) is 9.59 Å². The lowest BCUT2D eigenvalue weighted by molar-refractivity contribution is -0.129. The molecule has 5 heteroatoms. The Kier molecular flexibility index (Phi) is 4.99. The summed E-state index contributed by atoms with van der Waals surface area (Å²) >= 11 is 2.22. The van der Waals surface area contributed by atoms with Crippen LogP contribution < -0.4 is 5.32 Å². The molecule has 0 aromatic heterocycles. The van der Waals surface area contributed by atoms with Crippen LogP contribution in [-0.2, 0) is 9.59 Å². The average Bonchev–Trinajstić information content (AvgIpc) is 2.57. The van der Waals surface area contributed by atoms with Crippen molar-refractivity contribution in [1.29, 1.82) is 0 Å². The van der Waals surface area contributed by atoms with Crippen LogP contribution in [0.2, 0.25) is 0 Å². The lowest BCUT2D eigenvalue weighted by Crippen LogP contribution is -2.33. The maximum absolute atomic E-state index is 12.5. The van der Waals surface area contributed by atoms with Crippen molar-refractivity contribution in [2.24, 2.45) is 0 Å². The highest BCUT2D eigenvalue weighted by molar-refractivity contribution is 14.1. The van der Waals surface area contributed by atoms with Crippen LogP contribution in [0.4, 0.5) is 5.69 Å². The van der Waals surface area contributed by atoms with Gasteiger partial charge in [0.25, 0.3) is 0 Å². The average molecular weight is 432 g/mol. The van der Waals surface area contributed by atoms with Crippen LogP contribution in [0, 0.1) is 3.57 Å². The van der Waals surface area contributed by atoms with E-state index in [9.17, 15) is 9.59 Å². The van der Waals surface area contributed by atoms with Gasteiger partial charge in [-0.15, -0.1) is 0 Å². The second kappa shape index (κ2) is 7.17. The van der Waals surface area contributed by atoms with Crippen molar-refractivity contribution in [3.63, 3.8) is 0 Å². The fourth-order valence-electron chi connectivity index (χ4n) is 2.83. The molecule has 1 heterocycles. The van der Waals surface area contributed by atoms with Crippen LogP contribution in [0.1, 0.15) is 30.5 Å². The summed E-state index contributed by atoms with van der Waals surface area (Å²) in [6.45, 7) is 1.52. The van der Waals surface area contributed by atoms with Gasteiger partial charge >= 0.3 is 0 Å². The van der Waals surface area contributed by atoms with Crippen molar-refractivity contribution in [2.75, 3.05) is 5.32 Å². The van der Waals surface area contributed by atoms with Crippen LogP contribution >= 0.6 is 22.6 Å². The van der Waals surface area contributed by atoms with Crippen LogP contribution in [0.25, 0.3) is 6.08 Å². The zero-order chi connectivity index (χ0) is 17.1. The minimum absolute atomic E-state index is 0.0761. The number of fused-ring (bicyclic) bond motifs is 1. The van der Waals surface area contributed by atoms with Crippen molar-refractivity contribution in [1.82, 2.24) is 4.90 Å². The fraction of sp³-hybridized carbons (Fsp3) is 0.158. The molecular formula is C19H17IN2O2. The zero-order valence-electron chi connectivity index (χ0n) is 13.2. The molecule has 1 aliphatic heterocycles. The third-order valence-corrected chi connectivity index (χ3v) is 4.69. The number of carbonyl (C=O) groups is 2. The molecule has 24 heavy (non-hydrogen) atoms. The Hall–Kier alpha value is -2.15. The lowest BCUT2D eigenvalue weighted by atomic mass is 9.93. The molecule has 0 spiro atoms. The minimum Gasteiger partial charge on any atom is -0.326 e. The summed E-state index contributed by atoms with van der Waals surface area (Å²) in [5, 5.41) is 2.90. The molecule has 0 radical (unpaired) electrons. The van der Waals surface area contributed by atoms with E-state index in [0.29, 0.717) is 0 Å². The minimum atomic E-state index is -0.285. The van der Waals surface area contributed by atoms with E-state index < -0.39 is 0 Å². The first kappa shape index (κ1) is 16.7. The zero-order valence-corrected chi connectivity index (χ0v) is 15.4. The molecule has 1 aliphatic rings. The van der Waals surface area contributed by atoms with Crippen LogP contribution in [-0.4, -0.2) is 16.7 Å². The van der Waals surface area contributed by atoms with E-state index in [-0.39, 0.29) is 24.3 Å². The number of halogens is 1. The van der Waals surface area contributed by atoms with Gasteiger partial charge in [-0.25, -0.2) is 0 Å².